The average molecular weight is 202 g/mol. The van der Waals surface area contributed by atoms with Crippen LogP contribution in [-0.4, -0.2) is 26.2 Å². The maximum atomic E-state index is 3.87. The third kappa shape index (κ3) is 8.52. The van der Waals surface area contributed by atoms with Crippen LogP contribution in [0, 0.1) is 0 Å². The molecule has 0 aromatic heterocycles. The number of unbranched alkanes of at least 4 members (excludes halogenated alkanes) is 3. The summed E-state index contributed by atoms with van der Waals surface area (Å²) < 4.78 is 0. The highest BCUT2D eigenvalue weighted by Gasteiger charge is 2.04. The molecule has 0 aromatic rings. The highest BCUT2D eigenvalue weighted by molar-refractivity contribution is 4.41. The molecular formula is C12H30N2+2. The van der Waals surface area contributed by atoms with E-state index in [1.165, 1.54) is 58.2 Å². The molecule has 14 heavy (non-hydrogen) atoms. The van der Waals surface area contributed by atoms with Crippen LogP contribution >= 0.6 is 0 Å². The minimum Gasteiger partial charge on any atom is -0.358 e. The van der Waals surface area contributed by atoms with E-state index in [4.69, 9.17) is 0 Å². The fraction of sp³-hybridized carbons (Fsp3) is 1.00. The lowest BCUT2D eigenvalue weighted by atomic mass is 10.2. The maximum absolute atomic E-state index is 3.87. The van der Waals surface area contributed by atoms with Crippen LogP contribution in [0.15, 0.2) is 0 Å². The molecule has 0 aliphatic carbocycles. The number of hydrogen-bond acceptors (Lipinski definition) is 0. The summed E-state index contributed by atoms with van der Waals surface area (Å²) in [6, 6.07) is 0. The number of quaternary nitrogens is 2. The van der Waals surface area contributed by atoms with Crippen molar-refractivity contribution in [3.05, 3.63) is 0 Å². The summed E-state index contributed by atoms with van der Waals surface area (Å²) in [5, 5.41) is 0. The molecule has 0 aliphatic rings. The van der Waals surface area contributed by atoms with Crippen molar-refractivity contribution in [2.24, 2.45) is 0 Å². The molecule has 0 aromatic carbocycles. The minimum atomic E-state index is 1.11. The summed E-state index contributed by atoms with van der Waals surface area (Å²) in [5.74, 6) is 0. The summed E-state index contributed by atoms with van der Waals surface area (Å²) in [6.07, 6.45) is 8.18. The summed E-state index contributed by atoms with van der Waals surface area (Å²) in [4.78, 5) is 1.81. The van der Waals surface area contributed by atoms with E-state index in [2.05, 4.69) is 19.6 Å². The van der Waals surface area contributed by atoms with Crippen molar-refractivity contribution in [3.8, 4) is 0 Å². The summed E-state index contributed by atoms with van der Waals surface area (Å²) in [6.45, 7) is 9.81. The zero-order valence-corrected chi connectivity index (χ0v) is 10.3. The molecule has 0 unspecified atom stereocenters. The van der Waals surface area contributed by atoms with E-state index in [0.717, 1.165) is 6.54 Å². The Bertz CT molecular complexity index is 98.5. The van der Waals surface area contributed by atoms with Crippen molar-refractivity contribution in [2.45, 2.75) is 52.4 Å². The first kappa shape index (κ1) is 13.9. The molecule has 0 amide bonds. The molecule has 0 fully saturated rings. The van der Waals surface area contributed by atoms with Gasteiger partial charge in [0, 0.05) is 0 Å². The van der Waals surface area contributed by atoms with Gasteiger partial charge in [-0.1, -0.05) is 13.8 Å². The number of hydrogen-bond donors (Lipinski definition) is 2. The van der Waals surface area contributed by atoms with E-state index < -0.39 is 0 Å². The Morgan fingerprint density at radius 3 is 1.86 bits per heavy atom. The second-order valence-corrected chi connectivity index (χ2v) is 4.27. The van der Waals surface area contributed by atoms with Gasteiger partial charge in [0.05, 0.1) is 26.2 Å². The van der Waals surface area contributed by atoms with E-state index in [0.29, 0.717) is 0 Å². The van der Waals surface area contributed by atoms with Gasteiger partial charge in [-0.25, -0.2) is 0 Å². The number of nitrogens with one attached hydrogen (secondary N) is 1. The van der Waals surface area contributed by atoms with E-state index in [9.17, 15) is 0 Å². The van der Waals surface area contributed by atoms with Crippen LogP contribution in [0.3, 0.4) is 0 Å². The highest BCUT2D eigenvalue weighted by atomic mass is 15.1. The van der Waals surface area contributed by atoms with Crippen molar-refractivity contribution < 1.29 is 10.6 Å². The molecule has 2 heteroatoms. The zero-order valence-electron chi connectivity index (χ0n) is 10.3. The monoisotopic (exact) mass is 202 g/mol. The molecular weight excluding hydrogens is 172 g/mol. The van der Waals surface area contributed by atoms with E-state index in [1.54, 1.807) is 0 Å². The summed E-state index contributed by atoms with van der Waals surface area (Å²) in [5.41, 5.74) is 3.87. The first-order chi connectivity index (χ1) is 6.85. The van der Waals surface area contributed by atoms with E-state index >= 15 is 0 Å². The third-order valence-corrected chi connectivity index (χ3v) is 2.74. The normalized spacial score (nSPS) is 11.1. The Morgan fingerprint density at radius 1 is 0.786 bits per heavy atom. The van der Waals surface area contributed by atoms with Crippen molar-refractivity contribution >= 4 is 0 Å². The predicted octanol–water partition coefficient (Wildman–Crippen LogP) is 0.494. The largest absolute Gasteiger partial charge is 0.358 e. The molecule has 86 valence electrons. The highest BCUT2D eigenvalue weighted by Crippen LogP contribution is 1.95. The fourth-order valence-corrected chi connectivity index (χ4v) is 1.99. The van der Waals surface area contributed by atoms with E-state index in [-0.39, 0.29) is 0 Å². The van der Waals surface area contributed by atoms with Gasteiger partial charge in [-0.05, 0) is 38.5 Å². The molecule has 0 bridgehead atoms. The van der Waals surface area contributed by atoms with Crippen LogP contribution in [0.25, 0.3) is 0 Å². The lowest BCUT2D eigenvalue weighted by Gasteiger charge is -2.17. The second kappa shape index (κ2) is 11.0. The third-order valence-electron chi connectivity index (χ3n) is 2.74. The first-order valence-corrected chi connectivity index (χ1v) is 6.47. The van der Waals surface area contributed by atoms with Crippen molar-refractivity contribution in [3.63, 3.8) is 0 Å². The van der Waals surface area contributed by atoms with Crippen molar-refractivity contribution in [2.75, 3.05) is 26.2 Å². The van der Waals surface area contributed by atoms with Gasteiger partial charge in [-0.2, -0.15) is 0 Å². The summed E-state index contributed by atoms with van der Waals surface area (Å²) in [7, 11) is 0. The Hall–Kier alpha value is -0.0800. The van der Waals surface area contributed by atoms with Crippen LogP contribution in [0.1, 0.15) is 52.4 Å². The van der Waals surface area contributed by atoms with Crippen molar-refractivity contribution in [1.29, 1.82) is 0 Å². The SMILES string of the molecule is CCC[NH+](CCC)CCCCCC[NH3+]. The summed E-state index contributed by atoms with van der Waals surface area (Å²) >= 11 is 0. The van der Waals surface area contributed by atoms with Crippen LogP contribution in [0.4, 0.5) is 0 Å². The molecule has 0 saturated heterocycles. The first-order valence-electron chi connectivity index (χ1n) is 6.47. The standard InChI is InChI=1S/C12H28N2/c1-3-10-14(11-4-2)12-8-6-5-7-9-13/h3-13H2,1-2H3/p+2. The Kier molecular flexibility index (Phi) is 10.9. The quantitative estimate of drug-likeness (QED) is 0.484. The minimum absolute atomic E-state index is 1.11. The van der Waals surface area contributed by atoms with E-state index in [1.807, 2.05) is 4.90 Å². The van der Waals surface area contributed by atoms with Gasteiger partial charge in [0.2, 0.25) is 0 Å². The molecule has 0 heterocycles. The molecule has 0 spiro atoms. The molecule has 0 atom stereocenters. The lowest BCUT2D eigenvalue weighted by molar-refractivity contribution is -0.900. The van der Waals surface area contributed by atoms with Gasteiger partial charge < -0.3 is 10.6 Å². The topological polar surface area (TPSA) is 32.1 Å². The maximum Gasteiger partial charge on any atom is 0.0770 e. The van der Waals surface area contributed by atoms with Gasteiger partial charge in [0.15, 0.2) is 0 Å². The van der Waals surface area contributed by atoms with Crippen LogP contribution in [0.2, 0.25) is 0 Å². The molecule has 0 rings (SSSR count). The average Bonchev–Trinajstić information content (AvgIpc) is 2.18. The predicted molar refractivity (Wildman–Crippen MR) is 62.4 cm³/mol. The smallest absolute Gasteiger partial charge is 0.0770 e. The van der Waals surface area contributed by atoms with Gasteiger partial charge in [0.25, 0.3) is 0 Å². The Balaban J connectivity index is 3.30. The Morgan fingerprint density at radius 2 is 1.36 bits per heavy atom. The van der Waals surface area contributed by atoms with Crippen molar-refractivity contribution in [1.82, 2.24) is 0 Å². The van der Waals surface area contributed by atoms with Gasteiger partial charge in [-0.3, -0.25) is 0 Å². The number of rotatable bonds is 10. The second-order valence-electron chi connectivity index (χ2n) is 4.27. The Labute approximate surface area is 89.9 Å². The van der Waals surface area contributed by atoms with Gasteiger partial charge in [-0.15, -0.1) is 0 Å². The van der Waals surface area contributed by atoms with Crippen LogP contribution in [0.5, 0.6) is 0 Å². The van der Waals surface area contributed by atoms with Crippen LogP contribution in [-0.2, 0) is 0 Å². The molecule has 2 nitrogen and oxygen atoms in total. The molecule has 0 aliphatic heterocycles. The molecule has 4 N–H and O–H groups in total. The van der Waals surface area contributed by atoms with Gasteiger partial charge >= 0.3 is 0 Å². The van der Waals surface area contributed by atoms with Gasteiger partial charge in [0.1, 0.15) is 0 Å². The van der Waals surface area contributed by atoms with Crippen LogP contribution < -0.4 is 10.6 Å². The fourth-order valence-electron chi connectivity index (χ4n) is 1.99. The zero-order chi connectivity index (χ0) is 10.6. The molecule has 0 saturated carbocycles. The lowest BCUT2D eigenvalue weighted by Crippen LogP contribution is -3.12. The molecule has 0 radical (unpaired) electrons.